The van der Waals surface area contributed by atoms with E-state index in [1.54, 1.807) is 13.1 Å². The predicted octanol–water partition coefficient (Wildman–Crippen LogP) is 2.23. The molecule has 3 rings (SSSR count). The van der Waals surface area contributed by atoms with Crippen molar-refractivity contribution in [3.8, 4) is 11.4 Å². The fraction of sp³-hybridized carbons (Fsp3) is 0.250. The number of rotatable bonds is 5. The normalized spacial score (nSPS) is 10.7. The predicted molar refractivity (Wildman–Crippen MR) is 81.2 cm³/mol. The average Bonchev–Trinajstić information content (AvgIpc) is 3.17. The van der Waals surface area contributed by atoms with Crippen molar-refractivity contribution in [1.82, 2.24) is 20.2 Å². The van der Waals surface area contributed by atoms with E-state index in [0.717, 1.165) is 11.3 Å². The topological polar surface area (TPSA) is 85.3 Å². The first kappa shape index (κ1) is 15.0. The number of hydrogen-bond donors (Lipinski definition) is 0. The van der Waals surface area contributed by atoms with E-state index in [2.05, 4.69) is 15.3 Å². The molecule has 7 heteroatoms. The molecule has 0 aliphatic heterocycles. The number of benzene rings is 1. The number of likely N-dealkylation sites (N-methyl/N-ethyl adjacent to an activating group) is 1. The van der Waals surface area contributed by atoms with E-state index < -0.39 is 0 Å². The molecule has 0 N–H and O–H groups in total. The van der Waals surface area contributed by atoms with Crippen LogP contribution in [-0.2, 0) is 17.8 Å². The summed E-state index contributed by atoms with van der Waals surface area (Å²) in [7, 11) is 1.68. The van der Waals surface area contributed by atoms with Gasteiger partial charge in [-0.1, -0.05) is 40.6 Å². The zero-order valence-electron chi connectivity index (χ0n) is 12.9. The highest BCUT2D eigenvalue weighted by Crippen LogP contribution is 2.15. The lowest BCUT2D eigenvalue weighted by molar-refractivity contribution is -0.130. The number of amides is 1. The van der Waals surface area contributed by atoms with E-state index in [4.69, 9.17) is 9.05 Å². The fourth-order valence-corrected chi connectivity index (χ4v) is 2.10. The van der Waals surface area contributed by atoms with Crippen LogP contribution >= 0.6 is 0 Å². The Morgan fingerprint density at radius 2 is 1.96 bits per heavy atom. The van der Waals surface area contributed by atoms with Gasteiger partial charge in [-0.2, -0.15) is 4.98 Å². The summed E-state index contributed by atoms with van der Waals surface area (Å²) < 4.78 is 10.3. The maximum atomic E-state index is 12.2. The standard InChI is InChI=1S/C16H16N4O3/c1-11-8-13(22-18-11)9-15(21)20(2)10-14-17-16(19-23-14)12-6-4-3-5-7-12/h3-8H,9-10H2,1-2H3. The van der Waals surface area contributed by atoms with Crippen molar-refractivity contribution in [1.29, 1.82) is 0 Å². The third-order valence-electron chi connectivity index (χ3n) is 3.30. The van der Waals surface area contributed by atoms with E-state index in [-0.39, 0.29) is 18.9 Å². The number of carbonyl (C=O) groups is 1. The van der Waals surface area contributed by atoms with Crippen LogP contribution in [-0.4, -0.2) is 33.2 Å². The van der Waals surface area contributed by atoms with Gasteiger partial charge >= 0.3 is 0 Å². The smallest absolute Gasteiger partial charge is 0.246 e. The summed E-state index contributed by atoms with van der Waals surface area (Å²) in [6.45, 7) is 2.05. The summed E-state index contributed by atoms with van der Waals surface area (Å²) in [6, 6.07) is 11.3. The molecule has 0 saturated carbocycles. The number of aromatic nitrogens is 3. The molecule has 0 spiro atoms. The van der Waals surface area contributed by atoms with Crippen LogP contribution in [0.5, 0.6) is 0 Å². The van der Waals surface area contributed by atoms with Crippen LogP contribution in [0.1, 0.15) is 17.3 Å². The summed E-state index contributed by atoms with van der Waals surface area (Å²) in [5.74, 6) is 1.32. The molecule has 0 aliphatic rings. The van der Waals surface area contributed by atoms with Gasteiger partial charge in [-0.15, -0.1) is 0 Å². The van der Waals surface area contributed by atoms with Crippen molar-refractivity contribution in [3.05, 3.63) is 53.7 Å². The second kappa shape index (κ2) is 6.43. The van der Waals surface area contributed by atoms with Crippen LogP contribution in [0.2, 0.25) is 0 Å². The first-order chi connectivity index (χ1) is 11.1. The van der Waals surface area contributed by atoms with Gasteiger partial charge < -0.3 is 13.9 Å². The summed E-state index contributed by atoms with van der Waals surface area (Å²) in [5, 5.41) is 7.70. The second-order valence-corrected chi connectivity index (χ2v) is 5.24. The molecule has 7 nitrogen and oxygen atoms in total. The van der Waals surface area contributed by atoms with E-state index in [9.17, 15) is 4.79 Å². The van der Waals surface area contributed by atoms with E-state index in [0.29, 0.717) is 17.5 Å². The Kier molecular flexibility index (Phi) is 4.18. The molecule has 2 heterocycles. The number of hydrogen-bond acceptors (Lipinski definition) is 6. The third-order valence-corrected chi connectivity index (χ3v) is 3.30. The lowest BCUT2D eigenvalue weighted by Gasteiger charge is -2.13. The van der Waals surface area contributed by atoms with E-state index in [1.807, 2.05) is 37.3 Å². The largest absolute Gasteiger partial charge is 0.361 e. The van der Waals surface area contributed by atoms with Crippen molar-refractivity contribution in [2.45, 2.75) is 19.9 Å². The molecular formula is C16H16N4O3. The first-order valence-corrected chi connectivity index (χ1v) is 7.16. The Bertz CT molecular complexity index is 795. The van der Waals surface area contributed by atoms with Gasteiger partial charge in [0.25, 0.3) is 0 Å². The number of aryl methyl sites for hydroxylation is 1. The quantitative estimate of drug-likeness (QED) is 0.718. The molecule has 3 aromatic rings. The Morgan fingerprint density at radius 1 is 1.17 bits per heavy atom. The molecule has 0 aliphatic carbocycles. The van der Waals surface area contributed by atoms with E-state index >= 15 is 0 Å². The SMILES string of the molecule is Cc1cc(CC(=O)N(C)Cc2nc(-c3ccccc3)no2)on1. The van der Waals surface area contributed by atoms with Gasteiger partial charge in [0, 0.05) is 18.7 Å². The summed E-state index contributed by atoms with van der Waals surface area (Å²) in [5.41, 5.74) is 1.62. The van der Waals surface area contributed by atoms with Crippen LogP contribution in [0.3, 0.4) is 0 Å². The van der Waals surface area contributed by atoms with Gasteiger partial charge in [0.1, 0.15) is 5.76 Å². The van der Waals surface area contributed by atoms with Gasteiger partial charge in [-0.3, -0.25) is 4.79 Å². The van der Waals surface area contributed by atoms with Crippen LogP contribution in [0.15, 0.2) is 45.4 Å². The van der Waals surface area contributed by atoms with Crippen molar-refractivity contribution < 1.29 is 13.8 Å². The van der Waals surface area contributed by atoms with Gasteiger partial charge in [0.2, 0.25) is 17.6 Å². The lowest BCUT2D eigenvalue weighted by atomic mass is 10.2. The highest BCUT2D eigenvalue weighted by molar-refractivity contribution is 5.77. The monoisotopic (exact) mass is 312 g/mol. The molecular weight excluding hydrogens is 296 g/mol. The Labute approximate surface area is 132 Å². The minimum Gasteiger partial charge on any atom is -0.361 e. The molecule has 0 fully saturated rings. The van der Waals surface area contributed by atoms with Crippen molar-refractivity contribution in [3.63, 3.8) is 0 Å². The first-order valence-electron chi connectivity index (χ1n) is 7.16. The fourth-order valence-electron chi connectivity index (χ4n) is 2.10. The Hall–Kier alpha value is -2.96. The highest BCUT2D eigenvalue weighted by atomic mass is 16.5. The summed E-state index contributed by atoms with van der Waals surface area (Å²) >= 11 is 0. The summed E-state index contributed by atoms with van der Waals surface area (Å²) in [6.07, 6.45) is 0.150. The number of nitrogens with zero attached hydrogens (tertiary/aromatic N) is 4. The van der Waals surface area contributed by atoms with Gasteiger partial charge in [0.15, 0.2) is 0 Å². The van der Waals surface area contributed by atoms with Gasteiger partial charge in [-0.25, -0.2) is 0 Å². The summed E-state index contributed by atoms with van der Waals surface area (Å²) in [4.78, 5) is 18.0. The molecule has 0 radical (unpaired) electrons. The average molecular weight is 312 g/mol. The second-order valence-electron chi connectivity index (χ2n) is 5.24. The molecule has 1 amide bonds. The van der Waals surface area contributed by atoms with Crippen molar-refractivity contribution in [2.75, 3.05) is 7.05 Å². The minimum atomic E-state index is -0.111. The van der Waals surface area contributed by atoms with Crippen molar-refractivity contribution in [2.24, 2.45) is 0 Å². The maximum absolute atomic E-state index is 12.2. The van der Waals surface area contributed by atoms with Gasteiger partial charge in [-0.05, 0) is 6.92 Å². The molecule has 2 aromatic heterocycles. The molecule has 23 heavy (non-hydrogen) atoms. The molecule has 118 valence electrons. The van der Waals surface area contributed by atoms with Gasteiger partial charge in [0.05, 0.1) is 18.7 Å². The lowest BCUT2D eigenvalue weighted by Crippen LogP contribution is -2.27. The van der Waals surface area contributed by atoms with Crippen LogP contribution < -0.4 is 0 Å². The Morgan fingerprint density at radius 3 is 2.65 bits per heavy atom. The molecule has 0 unspecified atom stereocenters. The Balaban J connectivity index is 1.62. The zero-order valence-corrected chi connectivity index (χ0v) is 12.9. The van der Waals surface area contributed by atoms with Crippen LogP contribution in [0.25, 0.3) is 11.4 Å². The molecule has 0 bridgehead atoms. The number of carbonyl (C=O) groups excluding carboxylic acids is 1. The van der Waals surface area contributed by atoms with Crippen LogP contribution in [0, 0.1) is 6.92 Å². The third kappa shape index (κ3) is 3.63. The molecule has 1 aromatic carbocycles. The van der Waals surface area contributed by atoms with E-state index in [1.165, 1.54) is 4.90 Å². The minimum absolute atomic E-state index is 0.111. The molecule has 0 atom stereocenters. The van der Waals surface area contributed by atoms with Crippen molar-refractivity contribution >= 4 is 5.91 Å². The maximum Gasteiger partial charge on any atom is 0.246 e. The zero-order chi connectivity index (χ0) is 16.2. The highest BCUT2D eigenvalue weighted by Gasteiger charge is 2.16. The van der Waals surface area contributed by atoms with Crippen LogP contribution in [0.4, 0.5) is 0 Å². The molecule has 0 saturated heterocycles.